The molecule has 7 heteroatoms. The second-order valence-corrected chi connectivity index (χ2v) is 5.37. The lowest BCUT2D eigenvalue weighted by Gasteiger charge is -2.17. The Kier molecular flexibility index (Phi) is 1.97. The number of aliphatic imine (C=N–C) groups is 1. The third-order valence-electron chi connectivity index (χ3n) is 2.05. The fourth-order valence-electron chi connectivity index (χ4n) is 1.34. The molecule has 0 radical (unpaired) electrons. The number of hydrogen-bond acceptors (Lipinski definition) is 4. The summed E-state index contributed by atoms with van der Waals surface area (Å²) in [5, 5.41) is 18.4. The Labute approximate surface area is 85.9 Å². The van der Waals surface area contributed by atoms with Crippen LogP contribution in [0, 0.1) is 10.1 Å². The van der Waals surface area contributed by atoms with Crippen LogP contribution in [0.5, 0.6) is 0 Å². The largest absolute Gasteiger partial charge is 0.470 e. The molecule has 1 heterocycles. The van der Waals surface area contributed by atoms with Gasteiger partial charge in [-0.15, -0.1) is 0 Å². The molecule has 15 heavy (non-hydrogen) atoms. The third-order valence-corrected chi connectivity index (χ3v) is 4.48. The van der Waals surface area contributed by atoms with Crippen LogP contribution in [0.3, 0.4) is 0 Å². The van der Waals surface area contributed by atoms with Crippen LogP contribution >= 0.6 is 10.2 Å². The molecule has 0 amide bonds. The van der Waals surface area contributed by atoms with Gasteiger partial charge in [-0.2, -0.15) is 0 Å². The number of carbonyl (C=O) groups is 1. The average molecular weight is 226 g/mol. The number of rotatable bonds is 1. The highest BCUT2D eigenvalue weighted by Crippen LogP contribution is 2.61. The van der Waals surface area contributed by atoms with Crippen molar-refractivity contribution >= 4 is 26.7 Å². The molecule has 0 aliphatic carbocycles. The summed E-state index contributed by atoms with van der Waals surface area (Å²) in [6, 6.07) is 6.23. The molecule has 6 nitrogen and oxygen atoms in total. The predicted octanol–water partition coefficient (Wildman–Crippen LogP) is 2.39. The summed E-state index contributed by atoms with van der Waals surface area (Å²) in [7, 11) is -3.21. The number of fused-ring (bicyclic) bond motifs is 1. The van der Waals surface area contributed by atoms with Gasteiger partial charge in [0.25, 0.3) is 0 Å². The molecule has 1 N–H and O–H groups in total. The Morgan fingerprint density at radius 2 is 2.13 bits per heavy atom. The number of hydrogen-bond donors (Lipinski definition) is 1. The van der Waals surface area contributed by atoms with Gasteiger partial charge in [-0.1, -0.05) is 12.1 Å². The Morgan fingerprint density at radius 1 is 1.47 bits per heavy atom. The van der Waals surface area contributed by atoms with E-state index < -0.39 is 19.8 Å². The SMILES string of the molecule is O=C(O)S1([N+](=O)[O-])C=Nc2ccccc21. The van der Waals surface area contributed by atoms with Gasteiger partial charge in [-0.25, -0.2) is 9.79 Å². The lowest BCUT2D eigenvalue weighted by Crippen LogP contribution is -2.18. The van der Waals surface area contributed by atoms with Crippen LogP contribution in [0.4, 0.5) is 10.5 Å². The highest BCUT2D eigenvalue weighted by atomic mass is 32.3. The molecule has 0 saturated heterocycles. The summed E-state index contributed by atoms with van der Waals surface area (Å²) in [4.78, 5) is 25.9. The number of nitrogens with zero attached hydrogens (tertiary/aromatic N) is 2. The highest BCUT2D eigenvalue weighted by Gasteiger charge is 2.50. The zero-order valence-electron chi connectivity index (χ0n) is 7.36. The maximum absolute atomic E-state index is 11.0. The van der Waals surface area contributed by atoms with Crippen molar-refractivity contribution in [3.05, 3.63) is 34.4 Å². The topological polar surface area (TPSA) is 92.8 Å². The van der Waals surface area contributed by atoms with Gasteiger partial charge in [0.05, 0.1) is 14.9 Å². The number of benzene rings is 1. The summed E-state index contributed by atoms with van der Waals surface area (Å²) in [6.45, 7) is 0. The molecule has 1 unspecified atom stereocenters. The second-order valence-electron chi connectivity index (χ2n) is 2.82. The molecule has 0 bridgehead atoms. The molecule has 0 fully saturated rings. The quantitative estimate of drug-likeness (QED) is 0.587. The lowest BCUT2D eigenvalue weighted by atomic mass is 10.3. The van der Waals surface area contributed by atoms with Crippen molar-refractivity contribution in [2.24, 2.45) is 4.99 Å². The van der Waals surface area contributed by atoms with E-state index in [0.29, 0.717) is 5.69 Å². The third kappa shape index (κ3) is 1.13. The second kappa shape index (κ2) is 3.06. The molecule has 0 saturated carbocycles. The van der Waals surface area contributed by atoms with Crippen LogP contribution in [0.1, 0.15) is 0 Å². The van der Waals surface area contributed by atoms with Crippen LogP contribution in [0.15, 0.2) is 34.2 Å². The van der Waals surface area contributed by atoms with Gasteiger partial charge in [0.1, 0.15) is 5.55 Å². The molecule has 0 spiro atoms. The first-order valence-electron chi connectivity index (χ1n) is 3.93. The van der Waals surface area contributed by atoms with E-state index in [-0.39, 0.29) is 4.90 Å². The molecule has 1 aliphatic rings. The number of para-hydroxylation sites is 1. The Balaban J connectivity index is 2.70. The van der Waals surface area contributed by atoms with Crippen molar-refractivity contribution in [1.29, 1.82) is 0 Å². The summed E-state index contributed by atoms with van der Waals surface area (Å²) in [5.74, 6) is 0. The Morgan fingerprint density at radius 3 is 2.73 bits per heavy atom. The zero-order valence-corrected chi connectivity index (χ0v) is 8.18. The first-order chi connectivity index (χ1) is 7.09. The van der Waals surface area contributed by atoms with E-state index in [0.717, 1.165) is 5.55 Å². The Bertz CT molecular complexity index is 471. The first-order valence-corrected chi connectivity index (χ1v) is 5.58. The molecule has 1 aliphatic heterocycles. The van der Waals surface area contributed by atoms with Crippen molar-refractivity contribution in [1.82, 2.24) is 0 Å². The Hall–Kier alpha value is -1.89. The van der Waals surface area contributed by atoms with E-state index >= 15 is 0 Å². The summed E-state index contributed by atoms with van der Waals surface area (Å²) in [6.07, 6.45) is 0. The summed E-state index contributed by atoms with van der Waals surface area (Å²) < 4.78 is -0.759. The molecule has 2 rings (SSSR count). The van der Waals surface area contributed by atoms with Crippen molar-refractivity contribution in [3.8, 4) is 0 Å². The average Bonchev–Trinajstić information content (AvgIpc) is 2.57. The molecule has 1 aromatic carbocycles. The maximum Gasteiger partial charge on any atom is 0.418 e. The predicted molar refractivity (Wildman–Crippen MR) is 55.5 cm³/mol. The molecular formula is C8H6N2O4S. The van der Waals surface area contributed by atoms with Crippen LogP contribution in [0.2, 0.25) is 0 Å². The van der Waals surface area contributed by atoms with E-state index in [1.807, 2.05) is 0 Å². The normalized spacial score (nSPS) is 26.7. The van der Waals surface area contributed by atoms with Gasteiger partial charge in [0.2, 0.25) is 0 Å². The van der Waals surface area contributed by atoms with E-state index in [2.05, 4.69) is 4.99 Å². The standard InChI is InChI=1S/C8H6N2O4S/c11-8(12)15(10(13)14)5-9-6-3-1-2-4-7(6)15/h1-5H,(H,11,12). The van der Waals surface area contributed by atoms with E-state index in [9.17, 15) is 14.9 Å². The van der Waals surface area contributed by atoms with Crippen LogP contribution in [-0.2, 0) is 0 Å². The maximum atomic E-state index is 11.0. The fraction of sp³-hybridized carbons (Fsp3) is 0. The minimum Gasteiger partial charge on any atom is -0.470 e. The summed E-state index contributed by atoms with van der Waals surface area (Å²) >= 11 is 0. The van der Waals surface area contributed by atoms with E-state index in [1.54, 1.807) is 18.2 Å². The number of nitro groups is 1. The van der Waals surface area contributed by atoms with Gasteiger partial charge in [-0.3, -0.25) is 10.1 Å². The smallest absolute Gasteiger partial charge is 0.418 e. The summed E-state index contributed by atoms with van der Waals surface area (Å²) in [5.41, 5.74) is 1.31. The molecular weight excluding hydrogens is 220 g/mol. The first kappa shape index (κ1) is 9.66. The highest BCUT2D eigenvalue weighted by molar-refractivity contribution is 8.50. The van der Waals surface area contributed by atoms with Crippen LogP contribution in [0.25, 0.3) is 0 Å². The van der Waals surface area contributed by atoms with Gasteiger partial charge < -0.3 is 5.11 Å². The lowest BCUT2D eigenvalue weighted by molar-refractivity contribution is -0.291. The number of carboxylic acid groups (broad SMARTS) is 1. The molecule has 1 aromatic rings. The van der Waals surface area contributed by atoms with Crippen LogP contribution in [-0.4, -0.2) is 20.3 Å². The minimum atomic E-state index is -3.21. The van der Waals surface area contributed by atoms with Crippen molar-refractivity contribution in [2.45, 2.75) is 4.90 Å². The van der Waals surface area contributed by atoms with Gasteiger partial charge >= 0.3 is 5.30 Å². The van der Waals surface area contributed by atoms with Gasteiger partial charge in [-0.05, 0) is 12.1 Å². The monoisotopic (exact) mass is 226 g/mol. The zero-order chi connectivity index (χ0) is 11.1. The molecule has 0 aromatic heterocycles. The minimum absolute atomic E-state index is 0.183. The van der Waals surface area contributed by atoms with Crippen LogP contribution < -0.4 is 0 Å². The van der Waals surface area contributed by atoms with E-state index in [4.69, 9.17) is 5.11 Å². The molecule has 1 atom stereocenters. The van der Waals surface area contributed by atoms with Crippen molar-refractivity contribution in [3.63, 3.8) is 0 Å². The fourth-order valence-corrected chi connectivity index (χ4v) is 3.09. The van der Waals surface area contributed by atoms with Gasteiger partial charge in [0, 0.05) is 0 Å². The van der Waals surface area contributed by atoms with Crippen molar-refractivity contribution in [2.75, 3.05) is 0 Å². The van der Waals surface area contributed by atoms with E-state index in [1.165, 1.54) is 6.07 Å². The molecule has 78 valence electrons. The van der Waals surface area contributed by atoms with Crippen molar-refractivity contribution < 1.29 is 14.2 Å². The van der Waals surface area contributed by atoms with Gasteiger partial charge in [0.15, 0.2) is 10.2 Å².